The Morgan fingerprint density at radius 2 is 2.04 bits per heavy atom. The van der Waals surface area contributed by atoms with Crippen molar-refractivity contribution in [3.8, 4) is 0 Å². The van der Waals surface area contributed by atoms with Crippen LogP contribution < -0.4 is 10.6 Å². The molecule has 0 bridgehead atoms. The van der Waals surface area contributed by atoms with Gasteiger partial charge in [-0.3, -0.25) is 10.1 Å². The van der Waals surface area contributed by atoms with E-state index in [0.29, 0.717) is 5.02 Å². The molecule has 1 amide bonds. The molecule has 3 heterocycles. The average molecular weight is 338 g/mol. The predicted molar refractivity (Wildman–Crippen MR) is 95.5 cm³/mol. The maximum atomic E-state index is 13.1. The van der Waals surface area contributed by atoms with E-state index < -0.39 is 5.54 Å². The number of anilines is 1. The number of rotatable bonds is 0. The van der Waals surface area contributed by atoms with E-state index in [4.69, 9.17) is 11.6 Å². The van der Waals surface area contributed by atoms with E-state index in [1.54, 1.807) is 6.07 Å². The monoisotopic (exact) mass is 337 g/mol. The summed E-state index contributed by atoms with van der Waals surface area (Å²) in [7, 11) is 0. The molecule has 2 aliphatic heterocycles. The first-order valence-electron chi connectivity index (χ1n) is 8.09. The van der Waals surface area contributed by atoms with Crippen molar-refractivity contribution >= 4 is 34.1 Å². The number of amides is 1. The van der Waals surface area contributed by atoms with Crippen molar-refractivity contribution in [3.63, 3.8) is 0 Å². The molecule has 3 N–H and O–H groups in total. The molecule has 0 saturated carbocycles. The third kappa shape index (κ3) is 1.65. The first-order chi connectivity index (χ1) is 11.6. The van der Waals surface area contributed by atoms with Gasteiger partial charge in [0.1, 0.15) is 0 Å². The minimum atomic E-state index is -0.910. The topological polar surface area (TPSA) is 56.9 Å². The van der Waals surface area contributed by atoms with Gasteiger partial charge in [-0.25, -0.2) is 0 Å². The van der Waals surface area contributed by atoms with Crippen LogP contribution in [0.5, 0.6) is 0 Å². The number of fused-ring (bicyclic) bond motifs is 6. The van der Waals surface area contributed by atoms with Crippen LogP contribution in [0.2, 0.25) is 5.02 Å². The Hall–Kier alpha value is -2.30. The van der Waals surface area contributed by atoms with Crippen molar-refractivity contribution in [1.82, 2.24) is 10.3 Å². The molecule has 1 spiro atoms. The van der Waals surface area contributed by atoms with Gasteiger partial charge in [0.15, 0.2) is 5.54 Å². The van der Waals surface area contributed by atoms with E-state index in [9.17, 15) is 4.79 Å². The Morgan fingerprint density at radius 1 is 1.21 bits per heavy atom. The molecule has 5 rings (SSSR count). The molecule has 5 heteroatoms. The van der Waals surface area contributed by atoms with Gasteiger partial charge in [0.05, 0.1) is 5.69 Å². The standard InChI is InChI=1S/C19H16ClN3O/c1-10-8-13-12-4-2-3-5-15(12)21-17(13)19(23-10)14-9-11(20)6-7-16(14)22-18(19)24/h2-7,9-10,21,23H,8H2,1H3,(H,22,24)/t10-,19-/m1/s1. The van der Waals surface area contributed by atoms with E-state index in [1.165, 1.54) is 10.9 Å². The lowest BCUT2D eigenvalue weighted by molar-refractivity contribution is -0.121. The van der Waals surface area contributed by atoms with E-state index in [1.807, 2.05) is 24.3 Å². The highest BCUT2D eigenvalue weighted by molar-refractivity contribution is 6.31. The minimum absolute atomic E-state index is 0.0564. The van der Waals surface area contributed by atoms with Crippen LogP contribution in [0.1, 0.15) is 23.7 Å². The Bertz CT molecular complexity index is 1010. The van der Waals surface area contributed by atoms with Crippen LogP contribution in [0, 0.1) is 0 Å². The van der Waals surface area contributed by atoms with Gasteiger partial charge in [-0.05, 0) is 43.2 Å². The number of hydrogen-bond acceptors (Lipinski definition) is 2. The van der Waals surface area contributed by atoms with Crippen LogP contribution in [0.3, 0.4) is 0 Å². The number of nitrogens with one attached hydrogen (secondary N) is 3. The van der Waals surface area contributed by atoms with Crippen molar-refractivity contribution in [2.45, 2.75) is 24.9 Å². The number of benzene rings is 2. The second-order valence-corrected chi connectivity index (χ2v) is 7.10. The number of aromatic amines is 1. The normalized spacial score (nSPS) is 24.9. The molecule has 0 fully saturated rings. The van der Waals surface area contributed by atoms with Crippen LogP contribution >= 0.6 is 11.6 Å². The molecule has 0 aliphatic carbocycles. The summed E-state index contributed by atoms with van der Waals surface area (Å²) in [6, 6.07) is 13.9. The van der Waals surface area contributed by atoms with Gasteiger partial charge >= 0.3 is 0 Å². The lowest BCUT2D eigenvalue weighted by Crippen LogP contribution is -2.56. The summed E-state index contributed by atoms with van der Waals surface area (Å²) in [5.74, 6) is -0.0564. The molecule has 2 atom stereocenters. The molecule has 0 unspecified atom stereocenters. The van der Waals surface area contributed by atoms with Gasteiger partial charge in [-0.1, -0.05) is 29.8 Å². The lowest BCUT2D eigenvalue weighted by atomic mass is 9.80. The minimum Gasteiger partial charge on any atom is -0.356 e. The number of aromatic nitrogens is 1. The third-order valence-corrected chi connectivity index (χ3v) is 5.37. The van der Waals surface area contributed by atoms with Gasteiger partial charge in [0.25, 0.3) is 5.91 Å². The number of carbonyl (C=O) groups excluding carboxylic acids is 1. The fourth-order valence-corrected chi connectivity index (χ4v) is 4.37. The van der Waals surface area contributed by atoms with E-state index in [2.05, 4.69) is 34.7 Å². The summed E-state index contributed by atoms with van der Waals surface area (Å²) in [6.45, 7) is 2.11. The highest BCUT2D eigenvalue weighted by atomic mass is 35.5. The number of carbonyl (C=O) groups is 1. The Balaban J connectivity index is 1.88. The van der Waals surface area contributed by atoms with Crippen LogP contribution in [0.15, 0.2) is 42.5 Å². The molecule has 2 aliphatic rings. The van der Waals surface area contributed by atoms with Crippen LogP contribution in [-0.2, 0) is 16.8 Å². The first-order valence-corrected chi connectivity index (χ1v) is 8.46. The quantitative estimate of drug-likeness (QED) is 0.587. The molecule has 3 aromatic rings. The number of para-hydroxylation sites is 1. The largest absolute Gasteiger partial charge is 0.356 e. The van der Waals surface area contributed by atoms with Gasteiger partial charge < -0.3 is 10.3 Å². The highest BCUT2D eigenvalue weighted by Gasteiger charge is 2.53. The van der Waals surface area contributed by atoms with Gasteiger partial charge in [0.2, 0.25) is 0 Å². The number of halogens is 1. The van der Waals surface area contributed by atoms with Crippen LogP contribution in [0.25, 0.3) is 10.9 Å². The summed E-state index contributed by atoms with van der Waals surface area (Å²) in [4.78, 5) is 16.6. The maximum absolute atomic E-state index is 13.1. The summed E-state index contributed by atoms with van der Waals surface area (Å²) < 4.78 is 0. The van der Waals surface area contributed by atoms with Crippen molar-refractivity contribution in [3.05, 3.63) is 64.3 Å². The Labute approximate surface area is 144 Å². The number of H-pyrrole nitrogens is 1. The second kappa shape index (κ2) is 4.62. The predicted octanol–water partition coefficient (Wildman–Crippen LogP) is 3.55. The summed E-state index contributed by atoms with van der Waals surface area (Å²) in [6.07, 6.45) is 0.879. The zero-order valence-corrected chi connectivity index (χ0v) is 13.9. The summed E-state index contributed by atoms with van der Waals surface area (Å²) in [5, 5.41) is 8.36. The van der Waals surface area contributed by atoms with Crippen molar-refractivity contribution < 1.29 is 4.79 Å². The Morgan fingerprint density at radius 3 is 2.92 bits per heavy atom. The molecule has 2 aromatic carbocycles. The zero-order valence-electron chi connectivity index (χ0n) is 13.1. The fourth-order valence-electron chi connectivity index (χ4n) is 4.20. The van der Waals surface area contributed by atoms with Crippen molar-refractivity contribution in [1.29, 1.82) is 0 Å². The zero-order chi connectivity index (χ0) is 16.5. The molecule has 120 valence electrons. The molecular formula is C19H16ClN3O. The molecule has 0 saturated heterocycles. The fraction of sp³-hybridized carbons (Fsp3) is 0.211. The smallest absolute Gasteiger partial charge is 0.255 e. The van der Waals surface area contributed by atoms with Crippen LogP contribution in [-0.4, -0.2) is 16.9 Å². The molecule has 4 nitrogen and oxygen atoms in total. The van der Waals surface area contributed by atoms with Gasteiger partial charge in [0, 0.05) is 33.2 Å². The SMILES string of the molecule is C[C@@H]1Cc2c([nH]c3ccccc23)[C@@]2(N1)C(=O)Nc1ccc(Cl)cc12. The van der Waals surface area contributed by atoms with Crippen molar-refractivity contribution in [2.75, 3.05) is 5.32 Å². The van der Waals surface area contributed by atoms with Gasteiger partial charge in [-0.2, -0.15) is 0 Å². The van der Waals surface area contributed by atoms with Gasteiger partial charge in [-0.15, -0.1) is 0 Å². The molecule has 1 aromatic heterocycles. The van der Waals surface area contributed by atoms with E-state index in [0.717, 1.165) is 28.9 Å². The molecule has 24 heavy (non-hydrogen) atoms. The average Bonchev–Trinajstić information content (AvgIpc) is 3.06. The first kappa shape index (κ1) is 14.1. The van der Waals surface area contributed by atoms with Crippen molar-refractivity contribution in [2.24, 2.45) is 0 Å². The second-order valence-electron chi connectivity index (χ2n) is 6.67. The highest BCUT2D eigenvalue weighted by Crippen LogP contribution is 2.46. The molecular weight excluding hydrogens is 322 g/mol. The van der Waals surface area contributed by atoms with E-state index >= 15 is 0 Å². The lowest BCUT2D eigenvalue weighted by Gasteiger charge is -2.37. The third-order valence-electron chi connectivity index (χ3n) is 5.14. The molecule has 0 radical (unpaired) electrons. The number of hydrogen-bond donors (Lipinski definition) is 3. The Kier molecular flexibility index (Phi) is 2.71. The summed E-state index contributed by atoms with van der Waals surface area (Å²) in [5.41, 5.74) is 3.99. The summed E-state index contributed by atoms with van der Waals surface area (Å²) >= 11 is 6.24. The van der Waals surface area contributed by atoms with Crippen LogP contribution in [0.4, 0.5) is 5.69 Å². The maximum Gasteiger partial charge on any atom is 0.255 e. The van der Waals surface area contributed by atoms with E-state index in [-0.39, 0.29) is 11.9 Å².